The Morgan fingerprint density at radius 2 is 1.76 bits per heavy atom. The molecular weight excluding hydrogens is 602 g/mol. The summed E-state index contributed by atoms with van der Waals surface area (Å²) >= 11 is 0. The Morgan fingerprint density at radius 3 is 2.40 bits per heavy atom. The first kappa shape index (κ1) is 34.8. The lowest BCUT2D eigenvalue weighted by Gasteiger charge is -2.46. The number of carbonyl (C=O) groups is 2. The zero-order chi connectivity index (χ0) is 32.8. The van der Waals surface area contributed by atoms with E-state index in [9.17, 15) is 26.8 Å². The number of hydrogen-bond donors (Lipinski definition) is 3. The van der Waals surface area contributed by atoms with Crippen molar-refractivity contribution in [3.8, 4) is 5.75 Å². The molecule has 0 aromatic heterocycles. The van der Waals surface area contributed by atoms with Gasteiger partial charge in [-0.1, -0.05) is 24.6 Å². The van der Waals surface area contributed by atoms with E-state index in [1.165, 1.54) is 12.1 Å². The van der Waals surface area contributed by atoms with Crippen LogP contribution < -0.4 is 20.7 Å². The highest BCUT2D eigenvalue weighted by atomic mass is 32.2. The standard InChI is InChI=1S/C33H46F2N4O5S/c1-32(2)21-25(22-33(3,4)38-32)36-30(40)28(19-23-12-14-26(15-13-23)44-18-8-16-34)37-31(41)29-11-5-6-17-39(29)45(42,43)27-10-7-9-24(35)20-27/h7,9-10,12-15,20,25,28-29,38H,5-6,8,11,16-19,21-22H2,1-4H3,(H,36,40)(H,37,41)/t28-,29?/m0/s1. The molecule has 2 fully saturated rings. The van der Waals surface area contributed by atoms with Crippen molar-refractivity contribution in [1.29, 1.82) is 0 Å². The lowest BCUT2D eigenvalue weighted by atomic mass is 9.79. The number of ether oxygens (including phenoxy) is 1. The van der Waals surface area contributed by atoms with Crippen LogP contribution in [0.2, 0.25) is 0 Å². The molecule has 2 heterocycles. The number of rotatable bonds is 12. The Bertz CT molecular complexity index is 1420. The van der Waals surface area contributed by atoms with Gasteiger partial charge in [-0.25, -0.2) is 12.8 Å². The molecular formula is C33H46F2N4O5S. The van der Waals surface area contributed by atoms with E-state index < -0.39 is 40.5 Å². The third-order valence-electron chi connectivity index (χ3n) is 8.24. The molecule has 2 aromatic rings. The van der Waals surface area contributed by atoms with Gasteiger partial charge >= 0.3 is 0 Å². The molecule has 0 radical (unpaired) electrons. The maximum absolute atomic E-state index is 13.9. The minimum Gasteiger partial charge on any atom is -0.494 e. The van der Waals surface area contributed by atoms with Gasteiger partial charge in [-0.2, -0.15) is 4.31 Å². The topological polar surface area (TPSA) is 117 Å². The normalized spacial score (nSPS) is 21.1. The number of amides is 2. The summed E-state index contributed by atoms with van der Waals surface area (Å²) in [6.07, 6.45) is 3.29. The number of piperidine rings is 2. The van der Waals surface area contributed by atoms with E-state index in [4.69, 9.17) is 4.74 Å². The Morgan fingerprint density at radius 1 is 1.07 bits per heavy atom. The summed E-state index contributed by atoms with van der Waals surface area (Å²) < 4.78 is 60.1. The highest BCUT2D eigenvalue weighted by Crippen LogP contribution is 2.29. The van der Waals surface area contributed by atoms with Gasteiger partial charge in [0.25, 0.3) is 0 Å². The largest absolute Gasteiger partial charge is 0.494 e. The zero-order valence-corrected chi connectivity index (χ0v) is 27.4. The van der Waals surface area contributed by atoms with Gasteiger partial charge in [-0.05, 0) is 89.3 Å². The van der Waals surface area contributed by atoms with Crippen molar-refractivity contribution in [2.24, 2.45) is 0 Å². The number of sulfonamides is 1. The first-order valence-corrected chi connectivity index (χ1v) is 17.1. The van der Waals surface area contributed by atoms with Crippen LogP contribution in [0, 0.1) is 5.82 Å². The molecule has 2 aliphatic rings. The quantitative estimate of drug-likeness (QED) is 0.296. The Balaban J connectivity index is 1.56. The SMILES string of the molecule is CC1(C)CC(NC(=O)[C@H](Cc2ccc(OCCCF)cc2)NC(=O)C2CCCCN2S(=O)(=O)c2cccc(F)c2)CC(C)(C)N1. The van der Waals surface area contributed by atoms with Crippen molar-refractivity contribution in [2.45, 2.75) is 107 Å². The maximum Gasteiger partial charge on any atom is 0.243 e. The highest BCUT2D eigenvalue weighted by Gasteiger charge is 2.41. The smallest absolute Gasteiger partial charge is 0.243 e. The maximum atomic E-state index is 13.9. The van der Waals surface area contributed by atoms with Gasteiger partial charge in [0.2, 0.25) is 21.8 Å². The van der Waals surface area contributed by atoms with Gasteiger partial charge in [-0.3, -0.25) is 14.0 Å². The van der Waals surface area contributed by atoms with Gasteiger partial charge in [0.1, 0.15) is 23.7 Å². The fraction of sp³-hybridized carbons (Fsp3) is 0.576. The van der Waals surface area contributed by atoms with Crippen LogP contribution in [0.1, 0.15) is 71.8 Å². The van der Waals surface area contributed by atoms with Gasteiger partial charge in [0, 0.05) is 36.5 Å². The summed E-state index contributed by atoms with van der Waals surface area (Å²) in [4.78, 5) is 27.5. The molecule has 1 unspecified atom stereocenters. The molecule has 248 valence electrons. The average molecular weight is 649 g/mol. The molecule has 2 saturated heterocycles. The summed E-state index contributed by atoms with van der Waals surface area (Å²) in [6.45, 7) is 8.22. The molecule has 2 amide bonds. The zero-order valence-electron chi connectivity index (χ0n) is 26.6. The second-order valence-corrected chi connectivity index (χ2v) is 15.3. The Labute approximate surface area is 265 Å². The average Bonchev–Trinajstić information content (AvgIpc) is 2.96. The second-order valence-electron chi connectivity index (χ2n) is 13.4. The second kappa shape index (κ2) is 14.6. The predicted octanol–water partition coefficient (Wildman–Crippen LogP) is 4.26. The van der Waals surface area contributed by atoms with Crippen LogP contribution in [0.3, 0.4) is 0 Å². The van der Waals surface area contributed by atoms with E-state index in [1.807, 2.05) is 0 Å². The minimum atomic E-state index is -4.17. The molecule has 2 atom stereocenters. The van der Waals surface area contributed by atoms with Crippen molar-refractivity contribution >= 4 is 21.8 Å². The van der Waals surface area contributed by atoms with Crippen molar-refractivity contribution < 1.29 is 31.5 Å². The number of nitrogens with one attached hydrogen (secondary N) is 3. The van der Waals surface area contributed by atoms with E-state index in [-0.39, 0.29) is 60.3 Å². The van der Waals surface area contributed by atoms with Gasteiger partial charge in [-0.15, -0.1) is 0 Å². The van der Waals surface area contributed by atoms with Gasteiger partial charge in [0.15, 0.2) is 0 Å². The molecule has 0 spiro atoms. The van der Waals surface area contributed by atoms with Crippen LogP contribution in [0.15, 0.2) is 53.4 Å². The summed E-state index contributed by atoms with van der Waals surface area (Å²) in [5.41, 5.74) is 0.321. The lowest BCUT2D eigenvalue weighted by molar-refractivity contribution is -0.132. The van der Waals surface area contributed by atoms with E-state index in [2.05, 4.69) is 43.6 Å². The molecule has 0 aliphatic carbocycles. The molecule has 9 nitrogen and oxygen atoms in total. The van der Waals surface area contributed by atoms with Crippen LogP contribution in [0.4, 0.5) is 8.78 Å². The first-order chi connectivity index (χ1) is 21.2. The van der Waals surface area contributed by atoms with Crippen molar-refractivity contribution in [3.63, 3.8) is 0 Å². The molecule has 12 heteroatoms. The fourth-order valence-corrected chi connectivity index (χ4v) is 8.31. The molecule has 45 heavy (non-hydrogen) atoms. The Kier molecular flexibility index (Phi) is 11.2. The van der Waals surface area contributed by atoms with E-state index in [0.29, 0.717) is 31.4 Å². The summed E-state index contributed by atoms with van der Waals surface area (Å²) in [6, 6.07) is 9.60. The van der Waals surface area contributed by atoms with Gasteiger partial charge in [0.05, 0.1) is 18.2 Å². The fourth-order valence-electron chi connectivity index (χ4n) is 6.62. The predicted molar refractivity (Wildman–Crippen MR) is 169 cm³/mol. The first-order valence-electron chi connectivity index (χ1n) is 15.6. The van der Waals surface area contributed by atoms with E-state index in [0.717, 1.165) is 22.0 Å². The van der Waals surface area contributed by atoms with Crippen LogP contribution >= 0.6 is 0 Å². The van der Waals surface area contributed by atoms with Crippen LogP contribution in [-0.4, -0.2) is 73.6 Å². The molecule has 2 aromatic carbocycles. The number of alkyl halides is 1. The number of hydrogen-bond acceptors (Lipinski definition) is 6. The van der Waals surface area contributed by atoms with Crippen LogP contribution in [-0.2, 0) is 26.0 Å². The minimum absolute atomic E-state index is 0.108. The molecule has 2 aliphatic heterocycles. The number of carbonyl (C=O) groups excluding carboxylic acids is 2. The molecule has 0 bridgehead atoms. The molecule has 0 saturated carbocycles. The number of benzene rings is 2. The van der Waals surface area contributed by atoms with E-state index >= 15 is 0 Å². The van der Waals surface area contributed by atoms with Crippen LogP contribution in [0.5, 0.6) is 5.75 Å². The van der Waals surface area contributed by atoms with Crippen molar-refractivity contribution in [3.05, 3.63) is 59.9 Å². The van der Waals surface area contributed by atoms with Crippen molar-refractivity contribution in [2.75, 3.05) is 19.8 Å². The Hall–Kier alpha value is -3.09. The lowest BCUT2D eigenvalue weighted by Crippen LogP contribution is -2.63. The summed E-state index contributed by atoms with van der Waals surface area (Å²) in [5, 5.41) is 9.62. The van der Waals surface area contributed by atoms with Gasteiger partial charge < -0.3 is 20.7 Å². The third kappa shape index (κ3) is 9.46. The highest BCUT2D eigenvalue weighted by molar-refractivity contribution is 7.89. The molecule has 4 rings (SSSR count). The third-order valence-corrected chi connectivity index (χ3v) is 10.1. The van der Waals surface area contributed by atoms with Crippen LogP contribution in [0.25, 0.3) is 0 Å². The molecule has 3 N–H and O–H groups in total. The summed E-state index contributed by atoms with van der Waals surface area (Å²) in [7, 11) is -4.17. The number of halogens is 2. The van der Waals surface area contributed by atoms with Crippen molar-refractivity contribution in [1.82, 2.24) is 20.3 Å². The summed E-state index contributed by atoms with van der Waals surface area (Å²) in [5.74, 6) is -1.06. The van der Waals surface area contributed by atoms with E-state index in [1.54, 1.807) is 24.3 Å². The number of nitrogens with zero attached hydrogens (tertiary/aromatic N) is 1. The monoisotopic (exact) mass is 648 g/mol.